The topological polar surface area (TPSA) is 12.9 Å². The monoisotopic (exact) mass is 343 g/mol. The van der Waals surface area contributed by atoms with Crippen molar-refractivity contribution in [3.8, 4) is 11.1 Å². The maximum atomic E-state index is 13.8. The zero-order valence-electron chi connectivity index (χ0n) is 9.40. The maximum absolute atomic E-state index is 13.8. The molecule has 0 aliphatic heterocycles. The first-order chi connectivity index (χ1) is 9.21. The number of aromatic nitrogens is 1. The number of hydrogen-bond acceptors (Lipinski definition) is 1. The van der Waals surface area contributed by atoms with E-state index in [1.165, 1.54) is 0 Å². The maximum Gasteiger partial charge on any atom is 0.434 e. The van der Waals surface area contributed by atoms with Crippen LogP contribution in [-0.2, 0) is 6.18 Å². The second kappa shape index (κ2) is 5.39. The molecule has 0 aliphatic rings. The summed E-state index contributed by atoms with van der Waals surface area (Å²) in [5, 5.41) is -0.175. The summed E-state index contributed by atoms with van der Waals surface area (Å²) in [7, 11) is 0. The van der Waals surface area contributed by atoms with E-state index in [-0.39, 0.29) is 20.6 Å². The average molecular weight is 345 g/mol. The van der Waals surface area contributed by atoms with Crippen LogP contribution in [0.3, 0.4) is 0 Å². The first-order valence-electron chi connectivity index (χ1n) is 5.08. The standard InChI is InChI=1S/C12H4Cl3F4N/c13-6-3-5(4-7(14)10(6)15)9-8(16)1-2-20-11(9)12(17,18)19/h1-4H. The SMILES string of the molecule is Fc1ccnc(C(F)(F)F)c1-c1cc(Cl)c(Cl)c(Cl)c1. The van der Waals surface area contributed by atoms with E-state index in [2.05, 4.69) is 4.98 Å². The van der Waals surface area contributed by atoms with E-state index in [0.29, 0.717) is 0 Å². The third kappa shape index (κ3) is 2.85. The van der Waals surface area contributed by atoms with Crippen LogP contribution in [0.5, 0.6) is 0 Å². The summed E-state index contributed by atoms with van der Waals surface area (Å²) in [5.41, 5.74) is -2.23. The van der Waals surface area contributed by atoms with Crippen LogP contribution in [0, 0.1) is 5.82 Å². The molecule has 0 unspecified atom stereocenters. The highest BCUT2D eigenvalue weighted by Gasteiger charge is 2.37. The van der Waals surface area contributed by atoms with Crippen LogP contribution in [0.25, 0.3) is 11.1 Å². The minimum Gasteiger partial charge on any atom is -0.251 e. The van der Waals surface area contributed by atoms with E-state index in [9.17, 15) is 17.6 Å². The molecule has 0 fully saturated rings. The Bertz CT molecular complexity index is 647. The first-order valence-corrected chi connectivity index (χ1v) is 6.22. The van der Waals surface area contributed by atoms with Gasteiger partial charge in [-0.3, -0.25) is 4.98 Å². The van der Waals surface area contributed by atoms with E-state index in [0.717, 1.165) is 24.4 Å². The van der Waals surface area contributed by atoms with Crippen molar-refractivity contribution in [3.05, 3.63) is 51.0 Å². The van der Waals surface area contributed by atoms with Crippen molar-refractivity contribution in [2.45, 2.75) is 6.18 Å². The van der Waals surface area contributed by atoms with Crippen LogP contribution in [0.15, 0.2) is 24.4 Å². The third-order valence-corrected chi connectivity index (χ3v) is 3.64. The highest BCUT2D eigenvalue weighted by atomic mass is 35.5. The molecule has 0 saturated heterocycles. The van der Waals surface area contributed by atoms with E-state index < -0.39 is 23.3 Å². The summed E-state index contributed by atoms with van der Waals surface area (Å²) in [6.07, 6.45) is -4.07. The minimum absolute atomic E-state index is 0.0186. The van der Waals surface area contributed by atoms with Gasteiger partial charge in [0.1, 0.15) is 5.82 Å². The molecular formula is C12H4Cl3F4N. The molecule has 1 aromatic carbocycles. The number of halogens is 7. The lowest BCUT2D eigenvalue weighted by molar-refractivity contribution is -0.140. The van der Waals surface area contributed by atoms with Gasteiger partial charge in [-0.25, -0.2) is 4.39 Å². The molecule has 0 aliphatic carbocycles. The number of benzene rings is 1. The Kier molecular flexibility index (Phi) is 4.14. The zero-order chi connectivity index (χ0) is 15.1. The van der Waals surface area contributed by atoms with Crippen molar-refractivity contribution >= 4 is 34.8 Å². The third-order valence-electron chi connectivity index (χ3n) is 2.44. The average Bonchev–Trinajstić information content (AvgIpc) is 2.34. The second-order valence-corrected chi connectivity index (χ2v) is 4.96. The predicted molar refractivity (Wildman–Crippen MR) is 69.7 cm³/mol. The molecule has 0 saturated carbocycles. The number of pyridine rings is 1. The van der Waals surface area contributed by atoms with Gasteiger partial charge in [-0.1, -0.05) is 34.8 Å². The van der Waals surface area contributed by atoms with E-state index in [1.807, 2.05) is 0 Å². The second-order valence-electron chi connectivity index (χ2n) is 3.77. The fourth-order valence-electron chi connectivity index (χ4n) is 1.63. The fourth-order valence-corrected chi connectivity index (χ4v) is 2.22. The first kappa shape index (κ1) is 15.4. The summed E-state index contributed by atoms with van der Waals surface area (Å²) in [6.45, 7) is 0. The lowest BCUT2D eigenvalue weighted by atomic mass is 10.0. The molecule has 8 heteroatoms. The Labute approximate surface area is 126 Å². The molecule has 0 radical (unpaired) electrons. The van der Waals surface area contributed by atoms with Gasteiger partial charge >= 0.3 is 6.18 Å². The van der Waals surface area contributed by atoms with Crippen LogP contribution < -0.4 is 0 Å². The summed E-state index contributed by atoms with van der Waals surface area (Å²) in [6, 6.07) is 3.02. The smallest absolute Gasteiger partial charge is 0.251 e. The fraction of sp³-hybridized carbons (Fsp3) is 0.0833. The molecule has 2 rings (SSSR count). The number of alkyl halides is 3. The van der Waals surface area contributed by atoms with Crippen LogP contribution in [0.1, 0.15) is 5.69 Å². The molecule has 0 amide bonds. The molecule has 1 aromatic heterocycles. The molecular weight excluding hydrogens is 340 g/mol. The van der Waals surface area contributed by atoms with E-state index in [4.69, 9.17) is 34.8 Å². The number of rotatable bonds is 1. The van der Waals surface area contributed by atoms with Gasteiger partial charge < -0.3 is 0 Å². The van der Waals surface area contributed by atoms with Crippen molar-refractivity contribution in [2.75, 3.05) is 0 Å². The molecule has 1 heterocycles. The zero-order valence-corrected chi connectivity index (χ0v) is 11.7. The molecule has 106 valence electrons. The Hall–Kier alpha value is -1.04. The van der Waals surface area contributed by atoms with Gasteiger partial charge in [-0.2, -0.15) is 13.2 Å². The van der Waals surface area contributed by atoms with Crippen LogP contribution >= 0.6 is 34.8 Å². The van der Waals surface area contributed by atoms with Gasteiger partial charge in [0.05, 0.1) is 15.1 Å². The van der Waals surface area contributed by atoms with Crippen LogP contribution in [0.2, 0.25) is 15.1 Å². The van der Waals surface area contributed by atoms with Crippen molar-refractivity contribution < 1.29 is 17.6 Å². The Balaban J connectivity index is 2.76. The van der Waals surface area contributed by atoms with Gasteiger partial charge in [0.2, 0.25) is 0 Å². The van der Waals surface area contributed by atoms with Crippen molar-refractivity contribution in [1.29, 1.82) is 0 Å². The largest absolute Gasteiger partial charge is 0.434 e. The highest BCUT2D eigenvalue weighted by Crippen LogP contribution is 2.40. The lowest BCUT2D eigenvalue weighted by Crippen LogP contribution is -2.11. The van der Waals surface area contributed by atoms with Gasteiger partial charge in [0.15, 0.2) is 5.69 Å². The van der Waals surface area contributed by atoms with Gasteiger partial charge in [-0.15, -0.1) is 0 Å². The van der Waals surface area contributed by atoms with E-state index >= 15 is 0 Å². The lowest BCUT2D eigenvalue weighted by Gasteiger charge is -2.13. The Morgan fingerprint density at radius 2 is 1.55 bits per heavy atom. The summed E-state index contributed by atoms with van der Waals surface area (Å²) >= 11 is 17.2. The van der Waals surface area contributed by atoms with Gasteiger partial charge in [-0.05, 0) is 23.8 Å². The minimum atomic E-state index is -4.81. The van der Waals surface area contributed by atoms with E-state index in [1.54, 1.807) is 0 Å². The van der Waals surface area contributed by atoms with Crippen molar-refractivity contribution in [3.63, 3.8) is 0 Å². The summed E-state index contributed by atoms with van der Waals surface area (Å²) in [4.78, 5) is 3.18. The predicted octanol–water partition coefficient (Wildman–Crippen LogP) is 5.87. The quantitative estimate of drug-likeness (QED) is 0.466. The Morgan fingerprint density at radius 1 is 1.00 bits per heavy atom. The van der Waals surface area contributed by atoms with Crippen LogP contribution in [-0.4, -0.2) is 4.98 Å². The molecule has 0 spiro atoms. The summed E-state index contributed by atoms with van der Waals surface area (Å²) in [5.74, 6) is -1.08. The Morgan fingerprint density at radius 3 is 2.05 bits per heavy atom. The molecule has 20 heavy (non-hydrogen) atoms. The molecule has 1 nitrogen and oxygen atoms in total. The van der Waals surface area contributed by atoms with Crippen molar-refractivity contribution in [2.24, 2.45) is 0 Å². The number of hydrogen-bond donors (Lipinski definition) is 0. The van der Waals surface area contributed by atoms with Gasteiger partial charge in [0, 0.05) is 11.8 Å². The van der Waals surface area contributed by atoms with Gasteiger partial charge in [0.25, 0.3) is 0 Å². The number of nitrogens with zero attached hydrogens (tertiary/aromatic N) is 1. The van der Waals surface area contributed by atoms with Crippen LogP contribution in [0.4, 0.5) is 17.6 Å². The normalized spacial score (nSPS) is 11.8. The summed E-state index contributed by atoms with van der Waals surface area (Å²) < 4.78 is 52.4. The molecule has 0 bridgehead atoms. The molecule has 0 N–H and O–H groups in total. The van der Waals surface area contributed by atoms with Crippen molar-refractivity contribution in [1.82, 2.24) is 4.98 Å². The molecule has 2 aromatic rings. The highest BCUT2D eigenvalue weighted by molar-refractivity contribution is 6.48. The molecule has 0 atom stereocenters.